The lowest BCUT2D eigenvalue weighted by molar-refractivity contribution is 0.613. The van der Waals surface area contributed by atoms with E-state index in [9.17, 15) is 0 Å². The highest BCUT2D eigenvalue weighted by molar-refractivity contribution is 8.13. The Balaban J connectivity index is 1.55. The highest BCUT2D eigenvalue weighted by atomic mass is 35.9. The summed E-state index contributed by atoms with van der Waals surface area (Å²) < 4.78 is 31.8. The molecule has 7 rings (SSSR count). The number of hydrogen-bond donors (Lipinski definition) is 0. The first kappa shape index (κ1) is 22.4. The molecule has 5 heterocycles. The van der Waals surface area contributed by atoms with Crippen LogP contribution >= 0.6 is 43.6 Å². The van der Waals surface area contributed by atoms with Crippen molar-refractivity contribution in [3.8, 4) is 11.5 Å². The van der Waals surface area contributed by atoms with Crippen molar-refractivity contribution in [2.45, 2.75) is 0 Å². The van der Waals surface area contributed by atoms with Crippen LogP contribution < -0.4 is 18.4 Å². The van der Waals surface area contributed by atoms with Crippen molar-refractivity contribution < 1.29 is 9.05 Å². The molecule has 2 aromatic heterocycles. The smallest absolute Gasteiger partial charge is 0.368 e. The minimum absolute atomic E-state index is 0.609. The van der Waals surface area contributed by atoms with E-state index in [4.69, 9.17) is 45.1 Å². The molecule has 0 saturated heterocycles. The Labute approximate surface area is 216 Å². The SMILES string of the molecule is ClP1(Cl)=NP2(=NP3(=N1)Oc1ccccc1N3c1ccccn1)Oc1ccccc1N2c1ccccn1. The van der Waals surface area contributed by atoms with Gasteiger partial charge in [-0.25, -0.2) is 19.3 Å². The van der Waals surface area contributed by atoms with Gasteiger partial charge in [0.05, 0.1) is 11.4 Å². The van der Waals surface area contributed by atoms with Gasteiger partial charge in [-0.1, -0.05) is 36.4 Å². The Morgan fingerprint density at radius 3 is 1.53 bits per heavy atom. The maximum atomic E-state index is 6.89. The highest BCUT2D eigenvalue weighted by Gasteiger charge is 2.53. The van der Waals surface area contributed by atoms with Gasteiger partial charge in [0, 0.05) is 12.4 Å². The lowest BCUT2D eigenvalue weighted by Gasteiger charge is -2.33. The number of nitrogens with zero attached hydrogens (tertiary/aromatic N) is 7. The second-order valence-electron chi connectivity index (χ2n) is 7.87. The summed E-state index contributed by atoms with van der Waals surface area (Å²) in [6, 6.07) is 26.4. The van der Waals surface area contributed by atoms with Crippen LogP contribution in [0.2, 0.25) is 0 Å². The lowest BCUT2D eigenvalue weighted by Crippen LogP contribution is -2.15. The predicted octanol–water partition coefficient (Wildman–Crippen LogP) is 9.57. The zero-order chi connectivity index (χ0) is 24.4. The molecule has 14 heteroatoms. The molecule has 0 radical (unpaired) electrons. The zero-order valence-corrected chi connectivity index (χ0v) is 22.5. The van der Waals surface area contributed by atoms with Gasteiger partial charge in [0.25, 0.3) is 5.91 Å². The second kappa shape index (κ2) is 8.11. The van der Waals surface area contributed by atoms with Crippen LogP contribution in [0.5, 0.6) is 11.5 Å². The van der Waals surface area contributed by atoms with Gasteiger partial charge in [0.15, 0.2) is 11.5 Å². The van der Waals surface area contributed by atoms with E-state index >= 15 is 0 Å². The van der Waals surface area contributed by atoms with Crippen molar-refractivity contribution in [2.75, 3.05) is 9.34 Å². The van der Waals surface area contributed by atoms with E-state index in [2.05, 4.69) is 9.97 Å². The van der Waals surface area contributed by atoms with Gasteiger partial charge in [0.1, 0.15) is 11.6 Å². The number of hydrogen-bond acceptors (Lipinski definition) is 9. The molecule has 0 amide bonds. The van der Waals surface area contributed by atoms with Crippen molar-refractivity contribution in [1.29, 1.82) is 0 Å². The Bertz CT molecular complexity index is 1590. The summed E-state index contributed by atoms with van der Waals surface area (Å²) in [6.45, 7) is 0. The van der Waals surface area contributed by atoms with Gasteiger partial charge in [-0.05, 0) is 71.0 Å². The van der Waals surface area contributed by atoms with Crippen LogP contribution in [0, 0.1) is 0 Å². The molecule has 0 aliphatic carbocycles. The number of halogens is 2. The van der Waals surface area contributed by atoms with Crippen LogP contribution in [-0.2, 0) is 0 Å². The zero-order valence-electron chi connectivity index (χ0n) is 18.3. The summed E-state index contributed by atoms with van der Waals surface area (Å²) in [7, 11) is -6.62. The maximum absolute atomic E-state index is 6.89. The average Bonchev–Trinajstić information content (AvgIpc) is 3.34. The summed E-state index contributed by atoms with van der Waals surface area (Å²) in [6.07, 6.45) is 3.41. The summed E-state index contributed by atoms with van der Waals surface area (Å²) in [5, 5.41) is 0. The number of benzene rings is 2. The van der Waals surface area contributed by atoms with Gasteiger partial charge < -0.3 is 9.05 Å². The van der Waals surface area contributed by atoms with Crippen LogP contribution in [0.3, 0.4) is 0 Å². The topological polar surface area (TPSA) is 87.8 Å². The van der Waals surface area contributed by atoms with E-state index < -0.39 is 21.1 Å². The summed E-state index contributed by atoms with van der Waals surface area (Å²) in [5.41, 5.74) is 1.54. The molecule has 0 N–H and O–H groups in total. The molecule has 180 valence electrons. The van der Waals surface area contributed by atoms with Crippen molar-refractivity contribution in [3.05, 3.63) is 97.3 Å². The van der Waals surface area contributed by atoms with Gasteiger partial charge in [-0.3, -0.25) is 0 Å². The van der Waals surface area contributed by atoms with E-state index in [1.165, 1.54) is 0 Å². The summed E-state index contributed by atoms with van der Waals surface area (Å²) >= 11 is 13.8. The molecule has 3 aliphatic rings. The van der Waals surface area contributed by atoms with E-state index in [-0.39, 0.29) is 0 Å². The monoisotopic (exact) mass is 573 g/mol. The number of rotatable bonds is 2. The molecule has 0 fully saturated rings. The predicted molar refractivity (Wildman–Crippen MR) is 147 cm³/mol. The molecule has 36 heavy (non-hydrogen) atoms. The average molecular weight is 574 g/mol. The van der Waals surface area contributed by atoms with Crippen molar-refractivity contribution in [2.24, 2.45) is 13.5 Å². The van der Waals surface area contributed by atoms with Crippen LogP contribution in [-0.4, -0.2) is 9.97 Å². The maximum Gasteiger partial charge on any atom is 0.368 e. The van der Waals surface area contributed by atoms with Crippen molar-refractivity contribution >= 4 is 66.6 Å². The van der Waals surface area contributed by atoms with Gasteiger partial charge in [-0.15, -0.1) is 4.52 Å². The second-order valence-corrected chi connectivity index (χ2v) is 17.5. The largest absolute Gasteiger partial charge is 0.424 e. The van der Waals surface area contributed by atoms with E-state index in [0.717, 1.165) is 11.4 Å². The number of fused-ring (bicyclic) bond motifs is 2. The van der Waals surface area contributed by atoms with Crippen LogP contribution in [0.4, 0.5) is 23.0 Å². The number of pyridine rings is 2. The van der Waals surface area contributed by atoms with Crippen molar-refractivity contribution in [3.63, 3.8) is 0 Å². The fourth-order valence-electron chi connectivity index (χ4n) is 4.24. The minimum atomic E-state index is -3.33. The lowest BCUT2D eigenvalue weighted by atomic mass is 10.3. The summed E-state index contributed by atoms with van der Waals surface area (Å²) in [5.74, 6) is -0.890. The molecular weight excluding hydrogens is 558 g/mol. The first-order valence-corrected chi connectivity index (χ1v) is 17.4. The molecule has 9 nitrogen and oxygen atoms in total. The van der Waals surface area contributed by atoms with Crippen LogP contribution in [0.25, 0.3) is 0 Å². The molecule has 0 saturated carbocycles. The van der Waals surface area contributed by atoms with E-state index in [0.29, 0.717) is 23.1 Å². The Kier molecular flexibility index (Phi) is 5.05. The highest BCUT2D eigenvalue weighted by Crippen LogP contribution is 2.88. The normalized spacial score (nSPS) is 24.7. The van der Waals surface area contributed by atoms with E-state index in [1.807, 2.05) is 94.3 Å². The standard InChI is InChI=1S/C22H16Cl2N7O2P3/c23-34(24)27-35(30(21-13-5-7-15-25-21)17-9-1-3-11-19(17)32-35)29-36(28-34)31(22-14-6-8-16-26-22)18-10-2-4-12-20(18)33-36/h1-16H. The molecule has 3 aliphatic heterocycles. The van der Waals surface area contributed by atoms with Gasteiger partial charge >= 0.3 is 15.2 Å². The minimum Gasteiger partial charge on any atom is -0.424 e. The number of anilines is 4. The Morgan fingerprint density at radius 1 is 0.556 bits per heavy atom. The third-order valence-corrected chi connectivity index (χ3v) is 16.2. The third-order valence-electron chi connectivity index (χ3n) is 5.56. The van der Waals surface area contributed by atoms with Crippen molar-refractivity contribution in [1.82, 2.24) is 9.97 Å². The molecule has 2 spiro atoms. The molecule has 2 aromatic carbocycles. The van der Waals surface area contributed by atoms with Crippen LogP contribution in [0.15, 0.2) is 111 Å². The first-order chi connectivity index (χ1) is 17.5. The molecular formula is C22H16Cl2N7O2P3. The number of aromatic nitrogens is 2. The third kappa shape index (κ3) is 3.42. The Hall–Kier alpha value is -2.79. The Morgan fingerprint density at radius 2 is 1.03 bits per heavy atom. The molecule has 4 aromatic rings. The number of para-hydroxylation sites is 4. The molecule has 0 bridgehead atoms. The van der Waals surface area contributed by atoms with Gasteiger partial charge in [-0.2, -0.15) is 9.03 Å². The fourth-order valence-corrected chi connectivity index (χ4v) is 16.8. The first-order valence-electron chi connectivity index (χ1n) is 10.8. The quantitative estimate of drug-likeness (QED) is 0.222. The summed E-state index contributed by atoms with van der Waals surface area (Å²) in [4.78, 5) is 9.17. The van der Waals surface area contributed by atoms with E-state index in [1.54, 1.807) is 12.4 Å². The van der Waals surface area contributed by atoms with Gasteiger partial charge in [0.2, 0.25) is 0 Å². The fraction of sp³-hybridized carbons (Fsp3) is 0. The van der Waals surface area contributed by atoms with Crippen LogP contribution in [0.1, 0.15) is 0 Å². The molecule has 2 atom stereocenters. The molecule has 2 unspecified atom stereocenters.